The quantitative estimate of drug-likeness (QED) is 0.621. The number of pyridine rings is 1. The van der Waals surface area contributed by atoms with E-state index in [1.54, 1.807) is 6.20 Å². The van der Waals surface area contributed by atoms with Crippen LogP contribution in [0.1, 0.15) is 32.1 Å². The van der Waals surface area contributed by atoms with Crippen LogP contribution < -0.4 is 10.2 Å². The largest absolute Gasteiger partial charge is 0.364 e. The molecule has 150 valence electrons. The number of piperidine rings is 1. The maximum atomic E-state index is 12.9. The minimum absolute atomic E-state index is 0.0423. The Morgan fingerprint density at radius 3 is 3.07 bits per heavy atom. The fraction of sp³-hybridized carbons (Fsp3) is 0.409. The lowest BCUT2D eigenvalue weighted by molar-refractivity contribution is -0.117. The molecule has 2 fully saturated rings. The van der Waals surface area contributed by atoms with E-state index in [4.69, 9.17) is 5.41 Å². The first-order valence-electron chi connectivity index (χ1n) is 10.3. The molecular formula is C22H24BrN5O. The van der Waals surface area contributed by atoms with Gasteiger partial charge in [0.1, 0.15) is 5.65 Å². The molecule has 1 amide bonds. The maximum Gasteiger partial charge on any atom is 0.228 e. The lowest BCUT2D eigenvalue weighted by Gasteiger charge is -2.30. The number of halogens is 1. The standard InChI is InChI=1S/C22H24BrN5O/c23-17-10-25-21-19(20(17)28-8-4-7-14(24)12-28)18(11-26-21)27-22(29)16-9-15(16)13-5-2-1-3-6-13/h2,5-6,10-11,15-16,24H,1,3-4,7-9,12H2,(H,25,26)(H,27,29). The molecular weight excluding hydrogens is 430 g/mol. The van der Waals surface area contributed by atoms with Gasteiger partial charge in [0, 0.05) is 30.6 Å². The number of allylic oxidation sites excluding steroid dienone is 4. The molecule has 2 aromatic heterocycles. The van der Waals surface area contributed by atoms with Gasteiger partial charge >= 0.3 is 0 Å². The second kappa shape index (κ2) is 7.44. The Hall–Kier alpha value is -2.41. The van der Waals surface area contributed by atoms with Crippen LogP contribution >= 0.6 is 15.9 Å². The van der Waals surface area contributed by atoms with Crippen LogP contribution in [0.15, 0.2) is 40.7 Å². The number of amides is 1. The number of fused-ring (bicyclic) bond motifs is 1. The van der Waals surface area contributed by atoms with Gasteiger partial charge in [0.2, 0.25) is 5.91 Å². The van der Waals surface area contributed by atoms with Crippen LogP contribution in [0.5, 0.6) is 0 Å². The van der Waals surface area contributed by atoms with E-state index in [1.165, 1.54) is 5.57 Å². The molecule has 0 aromatic carbocycles. The van der Waals surface area contributed by atoms with Gasteiger partial charge in [-0.1, -0.05) is 18.2 Å². The summed E-state index contributed by atoms with van der Waals surface area (Å²) < 4.78 is 0.886. The Bertz CT molecular complexity index is 1050. The SMILES string of the molecule is N=C1CCCN(c2c(Br)cnc3[nH]cc(NC(=O)C4CC4C4=CCCC=C4)c23)C1. The first-order valence-corrected chi connectivity index (χ1v) is 11.1. The van der Waals surface area contributed by atoms with E-state index >= 15 is 0 Å². The Balaban J connectivity index is 1.41. The van der Waals surface area contributed by atoms with Crippen molar-refractivity contribution in [2.45, 2.75) is 32.1 Å². The van der Waals surface area contributed by atoms with Gasteiger partial charge in [-0.25, -0.2) is 4.98 Å². The molecule has 3 aliphatic rings. The number of H-pyrrole nitrogens is 1. The summed E-state index contributed by atoms with van der Waals surface area (Å²) in [5.41, 5.74) is 4.57. The zero-order valence-electron chi connectivity index (χ0n) is 16.2. The molecule has 3 heterocycles. The second-order valence-electron chi connectivity index (χ2n) is 8.13. The monoisotopic (exact) mass is 453 g/mol. The van der Waals surface area contributed by atoms with Crippen LogP contribution in [0.4, 0.5) is 11.4 Å². The van der Waals surface area contributed by atoms with Gasteiger partial charge in [0.25, 0.3) is 0 Å². The van der Waals surface area contributed by atoms with E-state index in [2.05, 4.69) is 54.3 Å². The van der Waals surface area contributed by atoms with Crippen LogP contribution in [-0.2, 0) is 4.79 Å². The normalized spacial score (nSPS) is 24.0. The highest BCUT2D eigenvalue weighted by molar-refractivity contribution is 9.10. The average molecular weight is 454 g/mol. The van der Waals surface area contributed by atoms with Crippen molar-refractivity contribution in [3.05, 3.63) is 40.7 Å². The number of anilines is 2. The van der Waals surface area contributed by atoms with E-state index in [0.717, 1.165) is 71.2 Å². The van der Waals surface area contributed by atoms with Crippen molar-refractivity contribution in [2.75, 3.05) is 23.3 Å². The molecule has 0 bridgehead atoms. The number of aromatic amines is 1. The molecule has 3 N–H and O–H groups in total. The van der Waals surface area contributed by atoms with E-state index in [-0.39, 0.29) is 11.8 Å². The number of hydrogen-bond acceptors (Lipinski definition) is 4. The number of nitrogens with one attached hydrogen (secondary N) is 3. The summed E-state index contributed by atoms with van der Waals surface area (Å²) in [7, 11) is 0. The van der Waals surface area contributed by atoms with E-state index in [9.17, 15) is 4.79 Å². The van der Waals surface area contributed by atoms with Crippen LogP contribution in [0.2, 0.25) is 0 Å². The molecule has 1 saturated heterocycles. The fourth-order valence-electron chi connectivity index (χ4n) is 4.51. The van der Waals surface area contributed by atoms with Gasteiger partial charge in [-0.3, -0.25) is 4.79 Å². The van der Waals surface area contributed by atoms with Crippen molar-refractivity contribution >= 4 is 50.0 Å². The van der Waals surface area contributed by atoms with Crippen molar-refractivity contribution < 1.29 is 4.79 Å². The number of nitrogens with zero attached hydrogens (tertiary/aromatic N) is 2. The third kappa shape index (κ3) is 3.52. The first kappa shape index (κ1) is 18.6. The van der Waals surface area contributed by atoms with E-state index in [1.807, 2.05) is 6.20 Å². The number of carbonyl (C=O) groups excluding carboxylic acids is 1. The Labute approximate surface area is 178 Å². The van der Waals surface area contributed by atoms with E-state index < -0.39 is 0 Å². The Morgan fingerprint density at radius 2 is 2.28 bits per heavy atom. The van der Waals surface area contributed by atoms with Crippen molar-refractivity contribution in [3.63, 3.8) is 0 Å². The molecule has 7 heteroatoms. The van der Waals surface area contributed by atoms with Crippen LogP contribution in [0, 0.1) is 17.2 Å². The topological polar surface area (TPSA) is 84.9 Å². The summed E-state index contributed by atoms with van der Waals surface area (Å²) in [5, 5.41) is 12.2. The minimum atomic E-state index is 0.0423. The molecule has 2 aromatic rings. The molecule has 29 heavy (non-hydrogen) atoms. The lowest BCUT2D eigenvalue weighted by Crippen LogP contribution is -2.35. The third-order valence-electron chi connectivity index (χ3n) is 6.07. The number of carbonyl (C=O) groups is 1. The molecule has 0 radical (unpaired) electrons. The van der Waals surface area contributed by atoms with Crippen molar-refractivity contribution in [2.24, 2.45) is 11.8 Å². The van der Waals surface area contributed by atoms with Crippen molar-refractivity contribution in [3.8, 4) is 0 Å². The smallest absolute Gasteiger partial charge is 0.228 e. The van der Waals surface area contributed by atoms with Crippen LogP contribution in [0.3, 0.4) is 0 Å². The number of hydrogen-bond donors (Lipinski definition) is 3. The van der Waals surface area contributed by atoms with Gasteiger partial charge in [-0.15, -0.1) is 0 Å². The molecule has 0 spiro atoms. The summed E-state index contributed by atoms with van der Waals surface area (Å²) in [6, 6.07) is 0. The average Bonchev–Trinajstić information content (AvgIpc) is 3.44. The fourth-order valence-corrected chi connectivity index (χ4v) is 5.06. The Morgan fingerprint density at radius 1 is 1.38 bits per heavy atom. The van der Waals surface area contributed by atoms with Crippen molar-refractivity contribution in [1.29, 1.82) is 5.41 Å². The van der Waals surface area contributed by atoms with Crippen LogP contribution in [-0.4, -0.2) is 34.7 Å². The van der Waals surface area contributed by atoms with E-state index in [0.29, 0.717) is 12.5 Å². The highest BCUT2D eigenvalue weighted by Gasteiger charge is 2.44. The van der Waals surface area contributed by atoms with Crippen LogP contribution in [0.25, 0.3) is 11.0 Å². The summed E-state index contributed by atoms with van der Waals surface area (Å²) in [6.45, 7) is 1.51. The predicted molar refractivity (Wildman–Crippen MR) is 120 cm³/mol. The summed E-state index contributed by atoms with van der Waals surface area (Å²) >= 11 is 3.64. The second-order valence-corrected chi connectivity index (χ2v) is 8.99. The van der Waals surface area contributed by atoms with Gasteiger partial charge in [0.15, 0.2) is 0 Å². The predicted octanol–water partition coefficient (Wildman–Crippen LogP) is 4.80. The molecule has 2 atom stereocenters. The molecule has 1 saturated carbocycles. The molecule has 1 aliphatic heterocycles. The highest BCUT2D eigenvalue weighted by atomic mass is 79.9. The molecule has 5 rings (SSSR count). The van der Waals surface area contributed by atoms with Crippen molar-refractivity contribution in [1.82, 2.24) is 9.97 Å². The highest BCUT2D eigenvalue weighted by Crippen LogP contribution is 2.47. The molecule has 2 aliphatic carbocycles. The zero-order valence-corrected chi connectivity index (χ0v) is 17.8. The zero-order chi connectivity index (χ0) is 20.0. The minimum Gasteiger partial charge on any atom is -0.364 e. The summed E-state index contributed by atoms with van der Waals surface area (Å²) in [6.07, 6.45) is 15.2. The van der Waals surface area contributed by atoms with Gasteiger partial charge < -0.3 is 20.6 Å². The molecule has 2 unspecified atom stereocenters. The third-order valence-corrected chi connectivity index (χ3v) is 6.65. The summed E-state index contributed by atoms with van der Waals surface area (Å²) in [5.74, 6) is 0.470. The number of aromatic nitrogens is 2. The molecule has 6 nitrogen and oxygen atoms in total. The lowest BCUT2D eigenvalue weighted by atomic mass is 10.0. The van der Waals surface area contributed by atoms with Gasteiger partial charge in [-0.2, -0.15) is 0 Å². The number of rotatable bonds is 4. The first-order chi connectivity index (χ1) is 14.1. The van der Waals surface area contributed by atoms with Gasteiger partial charge in [0.05, 0.1) is 27.8 Å². The Kier molecular flexibility index (Phi) is 4.78. The summed E-state index contributed by atoms with van der Waals surface area (Å²) in [4.78, 5) is 22.8. The maximum absolute atomic E-state index is 12.9. The van der Waals surface area contributed by atoms with Gasteiger partial charge in [-0.05, 0) is 59.5 Å².